The third-order valence-electron chi connectivity index (χ3n) is 1.01. The predicted molar refractivity (Wildman–Crippen MR) is 37.2 cm³/mol. The Morgan fingerprint density at radius 1 is 1.22 bits per heavy atom. The van der Waals surface area contributed by atoms with Crippen molar-refractivity contribution in [2.24, 2.45) is 0 Å². The molecule has 0 unspecified atom stereocenters. The van der Waals surface area contributed by atoms with Crippen LogP contribution in [0.2, 0.25) is 0 Å². The van der Waals surface area contributed by atoms with Crippen LogP contribution in [0, 0.1) is 17.9 Å². The van der Waals surface area contributed by atoms with Gasteiger partial charge in [0.2, 0.25) is 0 Å². The van der Waals surface area contributed by atoms with E-state index in [0.717, 1.165) is 15.6 Å². The van der Waals surface area contributed by atoms with Gasteiger partial charge in [0, 0.05) is 0 Å². The zero-order valence-electron chi connectivity index (χ0n) is 5.47. The Morgan fingerprint density at radius 2 is 1.67 bits per heavy atom. The number of hydrogen-bond donors (Lipinski definition) is 0. The normalized spacial score (nSPS) is 9.56. The Kier molecular flexibility index (Phi) is 1.89. The van der Waals surface area contributed by atoms with Gasteiger partial charge in [-0.15, -0.1) is 0 Å². The Bertz CT molecular complexity index is 239. The predicted octanol–water partition coefficient (Wildman–Crippen LogP) is 1.60. The van der Waals surface area contributed by atoms with Crippen molar-refractivity contribution in [1.29, 1.82) is 0 Å². The SMILES string of the molecule is Cc1cc(=[Se])cc(C)o1. The minimum absolute atomic E-state index is 0.948. The molecule has 0 saturated heterocycles. The first-order valence-electron chi connectivity index (χ1n) is 2.77. The average molecular weight is 187 g/mol. The third-order valence-corrected chi connectivity index (χ3v) is 1.51. The van der Waals surface area contributed by atoms with Crippen molar-refractivity contribution in [2.45, 2.75) is 13.8 Å². The van der Waals surface area contributed by atoms with Crippen molar-refractivity contribution in [3.63, 3.8) is 0 Å². The first-order valence-corrected chi connectivity index (χ1v) is 3.62. The molecule has 0 saturated carbocycles. The molecule has 0 amide bonds. The van der Waals surface area contributed by atoms with E-state index in [4.69, 9.17) is 4.42 Å². The van der Waals surface area contributed by atoms with Crippen molar-refractivity contribution in [3.8, 4) is 0 Å². The fourth-order valence-corrected chi connectivity index (χ4v) is 1.45. The van der Waals surface area contributed by atoms with Gasteiger partial charge in [0.05, 0.1) is 0 Å². The second-order valence-electron chi connectivity index (χ2n) is 2.01. The van der Waals surface area contributed by atoms with Crippen LogP contribution in [0.25, 0.3) is 0 Å². The van der Waals surface area contributed by atoms with Crippen LogP contribution >= 0.6 is 0 Å². The van der Waals surface area contributed by atoms with E-state index in [9.17, 15) is 0 Å². The Hall–Kier alpha value is -0.331. The molecular weight excluding hydrogens is 179 g/mol. The quantitative estimate of drug-likeness (QED) is 0.562. The molecule has 0 aromatic carbocycles. The molecule has 0 aliphatic rings. The molecule has 9 heavy (non-hydrogen) atoms. The Morgan fingerprint density at radius 3 is 2.00 bits per heavy atom. The number of aryl methyl sites for hydroxylation is 2. The van der Waals surface area contributed by atoms with E-state index in [1.54, 1.807) is 0 Å². The molecule has 1 heterocycles. The summed E-state index contributed by atoms with van der Waals surface area (Å²) in [5.74, 6) is 1.90. The van der Waals surface area contributed by atoms with E-state index in [1.807, 2.05) is 26.0 Å². The fraction of sp³-hybridized carbons (Fsp3) is 0.286. The zero-order chi connectivity index (χ0) is 6.85. The minimum atomic E-state index is 0.948. The van der Waals surface area contributed by atoms with E-state index in [1.165, 1.54) is 0 Å². The van der Waals surface area contributed by atoms with Gasteiger partial charge >= 0.3 is 61.6 Å². The standard InChI is InChI=1S/C7H8OSe/c1-5-3-7(9)4-6(2)8-5/h3-4H,1-2H3. The summed E-state index contributed by atoms with van der Waals surface area (Å²) in [6, 6.07) is 3.93. The molecule has 0 spiro atoms. The van der Waals surface area contributed by atoms with Gasteiger partial charge in [0.15, 0.2) is 0 Å². The zero-order valence-corrected chi connectivity index (χ0v) is 7.18. The molecule has 0 aliphatic heterocycles. The molecule has 1 rings (SSSR count). The Labute approximate surface area is 62.1 Å². The fourth-order valence-electron chi connectivity index (χ4n) is 0.755. The van der Waals surface area contributed by atoms with Crippen molar-refractivity contribution in [2.75, 3.05) is 0 Å². The average Bonchev–Trinajstić information content (AvgIpc) is 1.59. The second-order valence-corrected chi connectivity index (χ2v) is 3.00. The molecule has 2 heteroatoms. The van der Waals surface area contributed by atoms with Gasteiger partial charge in [0.1, 0.15) is 0 Å². The van der Waals surface area contributed by atoms with Gasteiger partial charge in [-0.05, 0) is 0 Å². The van der Waals surface area contributed by atoms with Crippen molar-refractivity contribution < 1.29 is 4.42 Å². The Balaban J connectivity index is 3.33. The van der Waals surface area contributed by atoms with Crippen LogP contribution in [-0.4, -0.2) is 15.6 Å². The van der Waals surface area contributed by atoms with Gasteiger partial charge in [-0.2, -0.15) is 0 Å². The maximum absolute atomic E-state index is 5.24. The van der Waals surface area contributed by atoms with Crippen LogP contribution in [0.15, 0.2) is 16.5 Å². The second kappa shape index (κ2) is 2.51. The van der Waals surface area contributed by atoms with Crippen molar-refractivity contribution in [3.05, 3.63) is 27.7 Å². The van der Waals surface area contributed by atoms with E-state index in [-0.39, 0.29) is 0 Å². The van der Waals surface area contributed by atoms with Crippen LogP contribution in [0.1, 0.15) is 11.5 Å². The molecule has 0 atom stereocenters. The molecule has 1 nitrogen and oxygen atoms in total. The van der Waals surface area contributed by atoms with Crippen molar-refractivity contribution in [1.82, 2.24) is 0 Å². The number of rotatable bonds is 0. The molecule has 0 fully saturated rings. The van der Waals surface area contributed by atoms with Crippen LogP contribution in [-0.2, 0) is 0 Å². The van der Waals surface area contributed by atoms with Crippen LogP contribution in [0.3, 0.4) is 0 Å². The molecule has 48 valence electrons. The summed E-state index contributed by atoms with van der Waals surface area (Å²) in [5, 5.41) is 0. The molecule has 0 N–H and O–H groups in total. The van der Waals surface area contributed by atoms with Gasteiger partial charge in [-0.3, -0.25) is 0 Å². The summed E-state index contributed by atoms with van der Waals surface area (Å²) >= 11 is 2.92. The molecule has 1 aromatic rings. The third kappa shape index (κ3) is 1.81. The summed E-state index contributed by atoms with van der Waals surface area (Å²) in [7, 11) is 0. The van der Waals surface area contributed by atoms with Gasteiger partial charge < -0.3 is 0 Å². The van der Waals surface area contributed by atoms with E-state index in [2.05, 4.69) is 15.6 Å². The molecular formula is C7H8OSe. The first kappa shape index (κ1) is 6.78. The summed E-state index contributed by atoms with van der Waals surface area (Å²) in [5.41, 5.74) is 0. The van der Waals surface area contributed by atoms with Gasteiger partial charge in [-0.25, -0.2) is 0 Å². The molecule has 0 radical (unpaired) electrons. The summed E-state index contributed by atoms with van der Waals surface area (Å²) in [4.78, 5) is 0. The monoisotopic (exact) mass is 188 g/mol. The summed E-state index contributed by atoms with van der Waals surface area (Å²) < 4.78 is 6.37. The van der Waals surface area contributed by atoms with E-state index >= 15 is 0 Å². The van der Waals surface area contributed by atoms with Gasteiger partial charge in [0.25, 0.3) is 0 Å². The van der Waals surface area contributed by atoms with E-state index in [0.29, 0.717) is 0 Å². The van der Waals surface area contributed by atoms with Crippen molar-refractivity contribution >= 4 is 15.6 Å². The van der Waals surface area contributed by atoms with Crippen LogP contribution in [0.4, 0.5) is 0 Å². The first-order chi connectivity index (χ1) is 4.18. The topological polar surface area (TPSA) is 13.1 Å². The molecule has 1 aromatic heterocycles. The summed E-state index contributed by atoms with van der Waals surface area (Å²) in [6.07, 6.45) is 0. The summed E-state index contributed by atoms with van der Waals surface area (Å²) in [6.45, 7) is 3.88. The molecule has 0 bridgehead atoms. The number of hydrogen-bond acceptors (Lipinski definition) is 1. The van der Waals surface area contributed by atoms with Crippen LogP contribution < -0.4 is 0 Å². The van der Waals surface area contributed by atoms with Gasteiger partial charge in [-0.1, -0.05) is 0 Å². The maximum atomic E-state index is 5.24. The van der Waals surface area contributed by atoms with Crippen LogP contribution in [0.5, 0.6) is 0 Å². The molecule has 0 aliphatic carbocycles. The van der Waals surface area contributed by atoms with E-state index < -0.39 is 0 Å².